The molecule has 24 heavy (non-hydrogen) atoms. The van der Waals surface area contributed by atoms with Crippen LogP contribution in [0.1, 0.15) is 38.7 Å². The van der Waals surface area contributed by atoms with Gasteiger partial charge in [0.15, 0.2) is 0 Å². The summed E-state index contributed by atoms with van der Waals surface area (Å²) in [7, 11) is -3.65. The fourth-order valence-electron chi connectivity index (χ4n) is 2.71. The molecule has 1 saturated carbocycles. The molecule has 0 unspecified atom stereocenters. The van der Waals surface area contributed by atoms with Crippen molar-refractivity contribution in [2.24, 2.45) is 11.8 Å². The molecule has 5 nitrogen and oxygen atoms in total. The van der Waals surface area contributed by atoms with Crippen molar-refractivity contribution < 1.29 is 17.4 Å². The van der Waals surface area contributed by atoms with Crippen molar-refractivity contribution in [2.75, 3.05) is 12.8 Å². The van der Waals surface area contributed by atoms with Crippen LogP contribution in [0.3, 0.4) is 0 Å². The number of carbonyl (C=O) groups excluding carboxylic acids is 1. The maximum atomic E-state index is 12.7. The van der Waals surface area contributed by atoms with Gasteiger partial charge in [-0.25, -0.2) is 0 Å². The number of amides is 1. The minimum absolute atomic E-state index is 0.0854. The van der Waals surface area contributed by atoms with Gasteiger partial charge in [-0.15, -0.1) is 0 Å². The zero-order valence-electron chi connectivity index (χ0n) is 14.3. The van der Waals surface area contributed by atoms with E-state index in [9.17, 15) is 13.2 Å². The molecular weight excluding hydrogens is 350 g/mol. The second-order valence-corrected chi connectivity index (χ2v) is 8.79. The zero-order chi connectivity index (χ0) is 17.9. The molecule has 0 saturated heterocycles. The molecule has 1 fully saturated rings. The smallest absolute Gasteiger partial charge is 0.306 e. The SMILES string of the molecule is CC(C)CN(Cc1cc(Cl)ccc1OS(C)(=O)=O)C(=O)C1CCC1. The van der Waals surface area contributed by atoms with Crippen molar-refractivity contribution in [3.8, 4) is 5.75 Å². The number of hydrogen-bond acceptors (Lipinski definition) is 4. The summed E-state index contributed by atoms with van der Waals surface area (Å²) < 4.78 is 28.0. The summed E-state index contributed by atoms with van der Waals surface area (Å²) in [4.78, 5) is 14.5. The molecule has 0 radical (unpaired) electrons. The lowest BCUT2D eigenvalue weighted by Crippen LogP contribution is -2.40. The normalized spacial score (nSPS) is 15.2. The average molecular weight is 374 g/mol. The Morgan fingerprint density at radius 3 is 2.54 bits per heavy atom. The zero-order valence-corrected chi connectivity index (χ0v) is 15.9. The lowest BCUT2D eigenvalue weighted by molar-refractivity contribution is -0.139. The molecule has 1 aliphatic carbocycles. The van der Waals surface area contributed by atoms with Crippen molar-refractivity contribution in [3.63, 3.8) is 0 Å². The number of nitrogens with zero attached hydrogens (tertiary/aromatic N) is 1. The van der Waals surface area contributed by atoms with E-state index < -0.39 is 10.1 Å². The molecule has 1 amide bonds. The first-order valence-electron chi connectivity index (χ1n) is 8.12. The predicted octanol–water partition coefficient (Wildman–Crippen LogP) is 3.46. The lowest BCUT2D eigenvalue weighted by atomic mass is 9.84. The summed E-state index contributed by atoms with van der Waals surface area (Å²) >= 11 is 6.05. The Labute approximate surface area is 149 Å². The van der Waals surface area contributed by atoms with Crippen molar-refractivity contribution in [1.82, 2.24) is 4.90 Å². The Morgan fingerprint density at radius 1 is 1.38 bits per heavy atom. The first-order chi connectivity index (χ1) is 11.2. The fourth-order valence-corrected chi connectivity index (χ4v) is 3.39. The van der Waals surface area contributed by atoms with E-state index in [4.69, 9.17) is 15.8 Å². The summed E-state index contributed by atoms with van der Waals surface area (Å²) in [5, 5.41) is 0.478. The van der Waals surface area contributed by atoms with Gasteiger partial charge >= 0.3 is 10.1 Å². The molecule has 0 N–H and O–H groups in total. The van der Waals surface area contributed by atoms with Gasteiger partial charge in [-0.1, -0.05) is 31.9 Å². The topological polar surface area (TPSA) is 63.7 Å². The van der Waals surface area contributed by atoms with Crippen LogP contribution in [0.25, 0.3) is 0 Å². The first-order valence-corrected chi connectivity index (χ1v) is 10.3. The molecule has 1 aromatic carbocycles. The van der Waals surface area contributed by atoms with Crippen LogP contribution in [-0.2, 0) is 21.5 Å². The van der Waals surface area contributed by atoms with E-state index in [0.29, 0.717) is 29.6 Å². The second kappa shape index (κ2) is 7.74. The van der Waals surface area contributed by atoms with E-state index in [1.165, 1.54) is 6.07 Å². The molecule has 7 heteroatoms. The molecule has 1 aromatic rings. The highest BCUT2D eigenvalue weighted by atomic mass is 35.5. The number of halogens is 1. The van der Waals surface area contributed by atoms with Crippen LogP contribution in [0.2, 0.25) is 5.02 Å². The van der Waals surface area contributed by atoms with Gasteiger partial charge in [0.05, 0.1) is 6.26 Å². The fraction of sp³-hybridized carbons (Fsp3) is 0.588. The van der Waals surface area contributed by atoms with Crippen LogP contribution in [0.5, 0.6) is 5.75 Å². The van der Waals surface area contributed by atoms with Gasteiger partial charge in [-0.3, -0.25) is 4.79 Å². The Morgan fingerprint density at radius 2 is 2.04 bits per heavy atom. The Hall–Kier alpha value is -1.27. The first kappa shape index (κ1) is 19.1. The summed E-state index contributed by atoms with van der Waals surface area (Å²) in [5.41, 5.74) is 0.598. The van der Waals surface area contributed by atoms with Crippen LogP contribution in [0, 0.1) is 11.8 Å². The number of carbonyl (C=O) groups is 1. The molecule has 134 valence electrons. The van der Waals surface area contributed by atoms with E-state index in [1.807, 2.05) is 13.8 Å². The second-order valence-electron chi connectivity index (χ2n) is 6.78. The maximum absolute atomic E-state index is 12.7. The van der Waals surface area contributed by atoms with E-state index >= 15 is 0 Å². The van der Waals surface area contributed by atoms with E-state index in [2.05, 4.69) is 0 Å². The number of rotatable bonds is 7. The molecular formula is C17H24ClNO4S. The highest BCUT2D eigenvalue weighted by Gasteiger charge is 2.30. The molecule has 0 spiro atoms. The monoisotopic (exact) mass is 373 g/mol. The summed E-state index contributed by atoms with van der Waals surface area (Å²) in [6.45, 7) is 5.00. The van der Waals surface area contributed by atoms with Crippen LogP contribution >= 0.6 is 11.6 Å². The number of hydrogen-bond donors (Lipinski definition) is 0. The molecule has 0 heterocycles. The minimum atomic E-state index is -3.65. The van der Waals surface area contributed by atoms with Gasteiger partial charge in [0, 0.05) is 29.6 Å². The molecule has 0 aromatic heterocycles. The molecule has 1 aliphatic rings. The van der Waals surface area contributed by atoms with Crippen LogP contribution in [0.15, 0.2) is 18.2 Å². The van der Waals surface area contributed by atoms with Crippen molar-refractivity contribution in [2.45, 2.75) is 39.7 Å². The summed E-state index contributed by atoms with van der Waals surface area (Å²) in [6, 6.07) is 4.76. The van der Waals surface area contributed by atoms with Crippen LogP contribution < -0.4 is 4.18 Å². The summed E-state index contributed by atoms with van der Waals surface area (Å²) in [5.74, 6) is 0.743. The molecule has 0 atom stereocenters. The third kappa shape index (κ3) is 5.38. The lowest BCUT2D eigenvalue weighted by Gasteiger charge is -2.33. The van der Waals surface area contributed by atoms with Gasteiger partial charge in [-0.2, -0.15) is 8.42 Å². The van der Waals surface area contributed by atoms with Crippen molar-refractivity contribution in [3.05, 3.63) is 28.8 Å². The van der Waals surface area contributed by atoms with Crippen LogP contribution in [0.4, 0.5) is 0 Å². The summed E-state index contributed by atoms with van der Waals surface area (Å²) in [6.07, 6.45) is 3.94. The third-order valence-corrected chi connectivity index (χ3v) is 4.69. The molecule has 2 rings (SSSR count). The molecule has 0 bridgehead atoms. The largest absolute Gasteiger partial charge is 0.382 e. The van der Waals surface area contributed by atoms with Gasteiger partial charge in [0.1, 0.15) is 5.75 Å². The van der Waals surface area contributed by atoms with E-state index in [-0.39, 0.29) is 17.6 Å². The standard InChI is InChI=1S/C17H24ClNO4S/c1-12(2)10-19(17(20)13-5-4-6-13)11-14-9-15(18)7-8-16(14)23-24(3,21)22/h7-9,12-13H,4-6,10-11H2,1-3H3. The Balaban J connectivity index is 2.26. The predicted molar refractivity (Wildman–Crippen MR) is 94.5 cm³/mol. The quantitative estimate of drug-likeness (QED) is 0.686. The minimum Gasteiger partial charge on any atom is -0.382 e. The Bertz CT molecular complexity index is 699. The van der Waals surface area contributed by atoms with E-state index in [1.54, 1.807) is 17.0 Å². The van der Waals surface area contributed by atoms with E-state index in [0.717, 1.165) is 25.5 Å². The highest BCUT2D eigenvalue weighted by Crippen LogP contribution is 2.31. The van der Waals surface area contributed by atoms with Gasteiger partial charge in [-0.05, 0) is 37.0 Å². The highest BCUT2D eigenvalue weighted by molar-refractivity contribution is 7.86. The van der Waals surface area contributed by atoms with Crippen molar-refractivity contribution >= 4 is 27.6 Å². The Kier molecular flexibility index (Phi) is 6.15. The van der Waals surface area contributed by atoms with Gasteiger partial charge in [0.25, 0.3) is 0 Å². The molecule has 0 aliphatic heterocycles. The van der Waals surface area contributed by atoms with Gasteiger partial charge < -0.3 is 9.08 Å². The van der Waals surface area contributed by atoms with Gasteiger partial charge in [0.2, 0.25) is 5.91 Å². The van der Waals surface area contributed by atoms with Crippen LogP contribution in [-0.4, -0.2) is 32.0 Å². The number of benzene rings is 1. The average Bonchev–Trinajstić information content (AvgIpc) is 2.37. The third-order valence-electron chi connectivity index (χ3n) is 3.98. The maximum Gasteiger partial charge on any atom is 0.306 e. The van der Waals surface area contributed by atoms with Crippen molar-refractivity contribution in [1.29, 1.82) is 0 Å².